The Labute approximate surface area is 103 Å². The molecule has 0 saturated heterocycles. The normalized spacial score (nSPS) is 13.5. The van der Waals surface area contributed by atoms with Gasteiger partial charge in [-0.2, -0.15) is 0 Å². The molecule has 0 fully saturated rings. The van der Waals surface area contributed by atoms with E-state index in [1.165, 1.54) is 22.2 Å². The number of benzene rings is 1. The molecule has 0 saturated carbocycles. The van der Waals surface area contributed by atoms with Crippen molar-refractivity contribution >= 4 is 10.9 Å². The van der Waals surface area contributed by atoms with Gasteiger partial charge in [-0.25, -0.2) is 0 Å². The van der Waals surface area contributed by atoms with E-state index in [9.17, 15) is 5.11 Å². The number of hydrogen-bond donors (Lipinski definition) is 1. The summed E-state index contributed by atoms with van der Waals surface area (Å²) >= 11 is 0. The van der Waals surface area contributed by atoms with Crippen LogP contribution in [0.4, 0.5) is 0 Å². The molecule has 0 spiro atoms. The highest BCUT2D eigenvalue weighted by atomic mass is 16.3. The number of aryl methyl sites for hydroxylation is 1. The Kier molecular flexibility index (Phi) is 3.25. The summed E-state index contributed by atoms with van der Waals surface area (Å²) < 4.78 is 2.35. The van der Waals surface area contributed by atoms with Crippen molar-refractivity contribution in [1.29, 1.82) is 0 Å². The third-order valence-electron chi connectivity index (χ3n) is 3.17. The summed E-state index contributed by atoms with van der Waals surface area (Å²) in [6.07, 6.45) is 0.421. The van der Waals surface area contributed by atoms with E-state index in [0.29, 0.717) is 12.5 Å². The molecule has 2 heteroatoms. The van der Waals surface area contributed by atoms with Crippen molar-refractivity contribution in [2.75, 3.05) is 0 Å². The first kappa shape index (κ1) is 12.2. The second kappa shape index (κ2) is 4.53. The molecule has 1 atom stereocenters. The highest BCUT2D eigenvalue weighted by Gasteiger charge is 2.12. The van der Waals surface area contributed by atoms with Gasteiger partial charge in [0.25, 0.3) is 0 Å². The molecule has 92 valence electrons. The van der Waals surface area contributed by atoms with Crippen molar-refractivity contribution in [3.63, 3.8) is 0 Å². The number of rotatable bonds is 3. The molecule has 0 bridgehead atoms. The fourth-order valence-corrected chi connectivity index (χ4v) is 2.64. The van der Waals surface area contributed by atoms with Crippen LogP contribution in [0.15, 0.2) is 24.3 Å². The Morgan fingerprint density at radius 2 is 1.94 bits per heavy atom. The maximum atomic E-state index is 9.59. The van der Waals surface area contributed by atoms with Crippen molar-refractivity contribution in [2.24, 2.45) is 0 Å². The molecule has 0 radical (unpaired) electrons. The third kappa shape index (κ3) is 2.22. The van der Waals surface area contributed by atoms with E-state index < -0.39 is 0 Å². The number of aromatic nitrogens is 1. The van der Waals surface area contributed by atoms with Crippen LogP contribution >= 0.6 is 0 Å². The van der Waals surface area contributed by atoms with Crippen molar-refractivity contribution in [3.05, 3.63) is 35.5 Å². The number of para-hydroxylation sites is 1. The van der Waals surface area contributed by atoms with Gasteiger partial charge in [-0.15, -0.1) is 0 Å². The van der Waals surface area contributed by atoms with Crippen molar-refractivity contribution in [1.82, 2.24) is 4.57 Å². The Morgan fingerprint density at radius 3 is 2.53 bits per heavy atom. The zero-order valence-electron chi connectivity index (χ0n) is 11.1. The van der Waals surface area contributed by atoms with Gasteiger partial charge >= 0.3 is 0 Å². The summed E-state index contributed by atoms with van der Waals surface area (Å²) in [5.74, 6) is 0. The van der Waals surface area contributed by atoms with Crippen LogP contribution in [0.25, 0.3) is 10.9 Å². The van der Waals surface area contributed by atoms with Crippen LogP contribution < -0.4 is 0 Å². The number of fused-ring (bicyclic) bond motifs is 1. The first-order valence-corrected chi connectivity index (χ1v) is 6.28. The summed E-state index contributed by atoms with van der Waals surface area (Å²) in [5, 5.41) is 10.9. The summed E-state index contributed by atoms with van der Waals surface area (Å²) in [6.45, 7) is 8.39. The van der Waals surface area contributed by atoms with E-state index in [2.05, 4.69) is 49.6 Å². The molecule has 0 aliphatic heterocycles. The van der Waals surface area contributed by atoms with Crippen LogP contribution in [0.1, 0.15) is 38.1 Å². The summed E-state index contributed by atoms with van der Waals surface area (Å²) in [4.78, 5) is 0. The van der Waals surface area contributed by atoms with Gasteiger partial charge in [0.2, 0.25) is 0 Å². The largest absolute Gasteiger partial charge is 0.393 e. The average Bonchev–Trinajstić information content (AvgIpc) is 2.54. The van der Waals surface area contributed by atoms with Gasteiger partial charge in [-0.3, -0.25) is 0 Å². The smallest absolute Gasteiger partial charge is 0.0553 e. The van der Waals surface area contributed by atoms with Gasteiger partial charge < -0.3 is 9.67 Å². The molecule has 2 rings (SSSR count). The zero-order chi connectivity index (χ0) is 12.6. The molecule has 0 aliphatic carbocycles. The van der Waals surface area contributed by atoms with Crippen LogP contribution in [0.5, 0.6) is 0 Å². The summed E-state index contributed by atoms with van der Waals surface area (Å²) in [7, 11) is 0. The third-order valence-corrected chi connectivity index (χ3v) is 3.17. The number of aliphatic hydroxyl groups is 1. The second-order valence-corrected chi connectivity index (χ2v) is 5.16. The molecule has 1 aromatic carbocycles. The van der Waals surface area contributed by atoms with E-state index in [0.717, 1.165) is 0 Å². The summed E-state index contributed by atoms with van der Waals surface area (Å²) in [5.41, 5.74) is 3.80. The van der Waals surface area contributed by atoms with Gasteiger partial charge in [0.1, 0.15) is 0 Å². The molecule has 17 heavy (non-hydrogen) atoms. The maximum absolute atomic E-state index is 9.59. The van der Waals surface area contributed by atoms with Gasteiger partial charge in [0, 0.05) is 23.5 Å². The molecule has 1 unspecified atom stereocenters. The zero-order valence-corrected chi connectivity index (χ0v) is 11.1. The first-order valence-electron chi connectivity index (χ1n) is 6.28. The van der Waals surface area contributed by atoms with Crippen molar-refractivity contribution < 1.29 is 5.11 Å². The molecular formula is C15H21NO. The highest BCUT2D eigenvalue weighted by Crippen LogP contribution is 2.27. The predicted molar refractivity (Wildman–Crippen MR) is 72.4 cm³/mol. The molecule has 2 aromatic rings. The summed E-state index contributed by atoms with van der Waals surface area (Å²) in [6, 6.07) is 9.01. The minimum absolute atomic E-state index is 0.295. The van der Waals surface area contributed by atoms with Crippen LogP contribution in [0.3, 0.4) is 0 Å². The van der Waals surface area contributed by atoms with Crippen LogP contribution in [-0.2, 0) is 6.42 Å². The average molecular weight is 231 g/mol. The monoisotopic (exact) mass is 231 g/mol. The van der Waals surface area contributed by atoms with E-state index in [1.54, 1.807) is 0 Å². The second-order valence-electron chi connectivity index (χ2n) is 5.16. The van der Waals surface area contributed by atoms with Gasteiger partial charge in [0.05, 0.1) is 11.6 Å². The van der Waals surface area contributed by atoms with Crippen LogP contribution in [-0.4, -0.2) is 15.8 Å². The van der Waals surface area contributed by atoms with Crippen molar-refractivity contribution in [3.8, 4) is 0 Å². The lowest BCUT2D eigenvalue weighted by Gasteiger charge is -2.16. The minimum Gasteiger partial charge on any atom is -0.393 e. The Hall–Kier alpha value is -1.28. The Balaban J connectivity index is 2.67. The topological polar surface area (TPSA) is 25.2 Å². The minimum atomic E-state index is -0.295. The molecular weight excluding hydrogens is 210 g/mol. The first-order chi connectivity index (χ1) is 8.00. The van der Waals surface area contributed by atoms with Gasteiger partial charge in [-0.1, -0.05) is 18.2 Å². The maximum Gasteiger partial charge on any atom is 0.0553 e. The molecule has 1 N–H and O–H groups in total. The standard InChI is InChI=1S/C15H21NO/c1-10(2)16-11(3)8-13-6-5-7-14(15(13)16)9-12(4)17/h5-8,10,12,17H,9H2,1-4H3. The Bertz CT molecular complexity index is 523. The quantitative estimate of drug-likeness (QED) is 0.860. The van der Waals surface area contributed by atoms with Crippen LogP contribution in [0, 0.1) is 6.92 Å². The van der Waals surface area contributed by atoms with Gasteiger partial charge in [0.15, 0.2) is 0 Å². The van der Waals surface area contributed by atoms with Gasteiger partial charge in [-0.05, 0) is 39.3 Å². The lowest BCUT2D eigenvalue weighted by molar-refractivity contribution is 0.195. The van der Waals surface area contributed by atoms with E-state index in [1.807, 2.05) is 6.92 Å². The van der Waals surface area contributed by atoms with E-state index >= 15 is 0 Å². The fourth-order valence-electron chi connectivity index (χ4n) is 2.64. The Morgan fingerprint density at radius 1 is 1.24 bits per heavy atom. The number of nitrogens with zero attached hydrogens (tertiary/aromatic N) is 1. The lowest BCUT2D eigenvalue weighted by Crippen LogP contribution is -2.08. The molecule has 1 aromatic heterocycles. The SMILES string of the molecule is Cc1cc2cccc(CC(C)O)c2n1C(C)C. The molecule has 0 amide bonds. The van der Waals surface area contributed by atoms with Crippen molar-refractivity contribution in [2.45, 2.75) is 46.3 Å². The number of hydrogen-bond acceptors (Lipinski definition) is 1. The van der Waals surface area contributed by atoms with E-state index in [-0.39, 0.29) is 6.10 Å². The van der Waals surface area contributed by atoms with E-state index in [4.69, 9.17) is 0 Å². The highest BCUT2D eigenvalue weighted by molar-refractivity contribution is 5.84. The fraction of sp³-hybridized carbons (Fsp3) is 0.467. The molecule has 1 heterocycles. The molecule has 0 aliphatic rings. The predicted octanol–water partition coefficient (Wildman–Crippen LogP) is 3.45. The van der Waals surface area contributed by atoms with Crippen LogP contribution in [0.2, 0.25) is 0 Å². The number of aliphatic hydroxyl groups excluding tert-OH is 1. The molecule has 2 nitrogen and oxygen atoms in total. The lowest BCUT2D eigenvalue weighted by atomic mass is 10.1.